The zero-order valence-electron chi connectivity index (χ0n) is 15.1. The summed E-state index contributed by atoms with van der Waals surface area (Å²) in [6, 6.07) is 3.25. The van der Waals surface area contributed by atoms with Crippen molar-refractivity contribution >= 4 is 39.4 Å². The fraction of sp³-hybridized carbons (Fsp3) is 0.250. The lowest BCUT2D eigenvalue weighted by atomic mass is 10.2. The third-order valence-electron chi connectivity index (χ3n) is 3.43. The van der Waals surface area contributed by atoms with Crippen molar-refractivity contribution in [1.29, 1.82) is 0 Å². The van der Waals surface area contributed by atoms with Gasteiger partial charge in [0.05, 0.1) is 10.6 Å². The largest absolute Gasteiger partial charge is 0.452 e. The Morgan fingerprint density at radius 1 is 1.23 bits per heavy atom. The summed E-state index contributed by atoms with van der Waals surface area (Å²) in [7, 11) is -4.58. The molecule has 1 amide bonds. The molecule has 0 aliphatic rings. The zero-order chi connectivity index (χ0) is 22.5. The maximum atomic E-state index is 12.8. The normalized spacial score (nSPS) is 12.8. The van der Waals surface area contributed by atoms with Crippen LogP contribution in [0, 0.1) is 0 Å². The first kappa shape index (κ1) is 23.5. The van der Waals surface area contributed by atoms with Crippen LogP contribution in [0.3, 0.4) is 0 Å². The smallest absolute Gasteiger partial charge is 0.416 e. The summed E-state index contributed by atoms with van der Waals surface area (Å²) in [4.78, 5) is 30.4. The molecule has 30 heavy (non-hydrogen) atoms. The van der Waals surface area contributed by atoms with Crippen molar-refractivity contribution in [3.8, 4) is 0 Å². The molecule has 2 N–H and O–H groups in total. The van der Waals surface area contributed by atoms with Crippen LogP contribution in [0.15, 0.2) is 41.6 Å². The number of nitrogens with zero attached hydrogens (tertiary/aromatic N) is 2. The Morgan fingerprint density at radius 2 is 1.87 bits per heavy atom. The molecule has 0 bridgehead atoms. The van der Waals surface area contributed by atoms with E-state index in [2.05, 4.69) is 15.3 Å². The molecule has 1 aromatic carbocycles. The number of rotatable bonds is 7. The summed E-state index contributed by atoms with van der Waals surface area (Å²) < 4.78 is 69.4. The van der Waals surface area contributed by atoms with Gasteiger partial charge in [0.15, 0.2) is 6.10 Å². The number of ether oxygens (including phenoxy) is 1. The van der Waals surface area contributed by atoms with Crippen molar-refractivity contribution in [3.63, 3.8) is 0 Å². The molecule has 0 aliphatic carbocycles. The summed E-state index contributed by atoms with van der Waals surface area (Å²) in [6.07, 6.45) is -3.39. The minimum atomic E-state index is -4.79. The molecule has 1 atom stereocenters. The van der Waals surface area contributed by atoms with Crippen LogP contribution in [-0.4, -0.2) is 42.9 Å². The number of sulfonamides is 1. The molecule has 2 aromatic rings. The lowest BCUT2D eigenvalue weighted by Crippen LogP contribution is -2.36. The predicted molar refractivity (Wildman–Crippen MR) is 97.9 cm³/mol. The highest BCUT2D eigenvalue weighted by atomic mass is 35.5. The average Bonchev–Trinajstić information content (AvgIpc) is 2.66. The van der Waals surface area contributed by atoms with Crippen molar-refractivity contribution in [1.82, 2.24) is 14.7 Å². The monoisotopic (exact) mass is 466 g/mol. The Hall–Kier alpha value is -2.77. The number of esters is 1. The van der Waals surface area contributed by atoms with E-state index in [0.717, 1.165) is 6.07 Å². The lowest BCUT2D eigenvalue weighted by molar-refractivity contribution is -0.151. The number of anilines is 1. The van der Waals surface area contributed by atoms with Gasteiger partial charge in [-0.15, -0.1) is 0 Å². The Morgan fingerprint density at radius 3 is 2.47 bits per heavy atom. The van der Waals surface area contributed by atoms with Crippen LogP contribution in [0.5, 0.6) is 0 Å². The van der Waals surface area contributed by atoms with Gasteiger partial charge in [-0.25, -0.2) is 18.4 Å². The summed E-state index contributed by atoms with van der Waals surface area (Å²) in [6.45, 7) is 0.267. The molecule has 2 rings (SSSR count). The van der Waals surface area contributed by atoms with Crippen molar-refractivity contribution in [2.75, 3.05) is 11.9 Å². The van der Waals surface area contributed by atoms with Crippen LogP contribution in [0.25, 0.3) is 0 Å². The molecule has 1 unspecified atom stereocenters. The van der Waals surface area contributed by atoms with E-state index in [9.17, 15) is 31.2 Å². The van der Waals surface area contributed by atoms with Gasteiger partial charge in [0.1, 0.15) is 11.4 Å². The molecule has 0 radical (unpaired) electrons. The molecule has 0 aliphatic heterocycles. The van der Waals surface area contributed by atoms with Gasteiger partial charge in [-0.1, -0.05) is 11.6 Å². The van der Waals surface area contributed by atoms with Crippen LogP contribution < -0.4 is 10.0 Å². The highest BCUT2D eigenvalue weighted by Gasteiger charge is 2.33. The topological polar surface area (TPSA) is 127 Å². The van der Waals surface area contributed by atoms with Gasteiger partial charge < -0.3 is 4.74 Å². The highest BCUT2D eigenvalue weighted by molar-refractivity contribution is 7.89. The van der Waals surface area contributed by atoms with Gasteiger partial charge in [-0.2, -0.15) is 17.9 Å². The number of halogens is 4. The summed E-state index contributed by atoms with van der Waals surface area (Å²) >= 11 is 5.68. The van der Waals surface area contributed by atoms with E-state index in [1.54, 1.807) is 4.72 Å². The van der Waals surface area contributed by atoms with Crippen molar-refractivity contribution in [2.45, 2.75) is 24.1 Å². The molecule has 0 spiro atoms. The maximum Gasteiger partial charge on any atom is 0.416 e. The van der Waals surface area contributed by atoms with E-state index in [1.807, 2.05) is 0 Å². The number of carbonyl (C=O) groups excluding carboxylic acids is 2. The van der Waals surface area contributed by atoms with Crippen LogP contribution in [-0.2, 0) is 30.5 Å². The number of alkyl halides is 3. The minimum Gasteiger partial charge on any atom is -0.452 e. The Balaban J connectivity index is 1.99. The van der Waals surface area contributed by atoms with E-state index < -0.39 is 56.2 Å². The van der Waals surface area contributed by atoms with Crippen LogP contribution in [0.4, 0.5) is 19.1 Å². The number of hydrogen-bond acceptors (Lipinski definition) is 7. The number of aromatic nitrogens is 2. The second kappa shape index (κ2) is 9.36. The number of benzene rings is 1. The van der Waals surface area contributed by atoms with Gasteiger partial charge in [-0.3, -0.25) is 14.9 Å². The van der Waals surface area contributed by atoms with Gasteiger partial charge in [-0.05, 0) is 31.2 Å². The van der Waals surface area contributed by atoms with E-state index in [0.29, 0.717) is 12.1 Å². The third kappa shape index (κ3) is 6.37. The third-order valence-corrected chi connectivity index (χ3v) is 5.32. The Labute approximate surface area is 173 Å². The molecular weight excluding hydrogens is 453 g/mol. The number of nitrogens with one attached hydrogen (secondary N) is 2. The minimum absolute atomic E-state index is 0.0368. The predicted octanol–water partition coefficient (Wildman–Crippen LogP) is 2.00. The molecule has 1 aromatic heterocycles. The molecule has 0 saturated carbocycles. The number of hydrogen-bond donors (Lipinski definition) is 2. The first-order valence-electron chi connectivity index (χ1n) is 8.04. The van der Waals surface area contributed by atoms with E-state index >= 15 is 0 Å². The molecule has 1 heterocycles. The maximum absolute atomic E-state index is 12.8. The van der Waals surface area contributed by atoms with Gasteiger partial charge in [0.2, 0.25) is 16.0 Å². The highest BCUT2D eigenvalue weighted by Crippen LogP contribution is 2.33. The lowest BCUT2D eigenvalue weighted by Gasteiger charge is -2.14. The first-order valence-corrected chi connectivity index (χ1v) is 9.90. The summed E-state index contributed by atoms with van der Waals surface area (Å²) in [5.41, 5.74) is -1.23. The van der Waals surface area contributed by atoms with Gasteiger partial charge in [0, 0.05) is 12.4 Å². The zero-order valence-corrected chi connectivity index (χ0v) is 16.7. The fourth-order valence-corrected chi connectivity index (χ4v) is 3.48. The van der Waals surface area contributed by atoms with Crippen molar-refractivity contribution in [2.24, 2.45) is 0 Å². The van der Waals surface area contributed by atoms with Crippen LogP contribution in [0.2, 0.25) is 5.02 Å². The molecule has 9 nitrogen and oxygen atoms in total. The van der Waals surface area contributed by atoms with Crippen molar-refractivity contribution in [3.05, 3.63) is 47.2 Å². The van der Waals surface area contributed by atoms with E-state index in [4.69, 9.17) is 16.3 Å². The Bertz CT molecular complexity index is 1030. The SMILES string of the molecule is CC(OC(=O)CNS(=O)(=O)c1cc(C(F)(F)F)ccc1Cl)C(=O)Nc1ncccn1. The number of carbonyl (C=O) groups is 2. The molecule has 14 heteroatoms. The van der Waals surface area contributed by atoms with Crippen LogP contribution in [0.1, 0.15) is 12.5 Å². The second-order valence-electron chi connectivity index (χ2n) is 5.66. The molecular formula is C16H14ClF3N4O5S. The fourth-order valence-electron chi connectivity index (χ4n) is 1.99. The summed E-state index contributed by atoms with van der Waals surface area (Å²) in [5, 5.41) is 1.80. The number of amides is 1. The van der Waals surface area contributed by atoms with Crippen LogP contribution >= 0.6 is 11.6 Å². The first-order chi connectivity index (χ1) is 13.9. The van der Waals surface area contributed by atoms with Gasteiger partial charge in [0.25, 0.3) is 5.91 Å². The second-order valence-corrected chi connectivity index (χ2v) is 7.80. The standard InChI is InChI=1S/C16H14ClF3N4O5S/c1-9(14(26)24-15-21-5-2-6-22-15)29-13(25)8-23-30(27,28)12-7-10(16(18,19)20)3-4-11(12)17/h2-7,9,23H,8H2,1H3,(H,21,22,24,26). The van der Waals surface area contributed by atoms with Crippen molar-refractivity contribution < 1.29 is 35.9 Å². The Kier molecular flexibility index (Phi) is 7.34. The van der Waals surface area contributed by atoms with E-state index in [-0.39, 0.29) is 5.95 Å². The molecule has 0 saturated heterocycles. The van der Waals surface area contributed by atoms with E-state index in [1.165, 1.54) is 25.4 Å². The quantitative estimate of drug-likeness (QED) is 0.597. The average molecular weight is 467 g/mol. The summed E-state index contributed by atoms with van der Waals surface area (Å²) in [5.74, 6) is -1.97. The molecule has 0 fully saturated rings. The van der Waals surface area contributed by atoms with Gasteiger partial charge >= 0.3 is 12.1 Å². The molecule has 162 valence electrons.